The highest BCUT2D eigenvalue weighted by Crippen LogP contribution is 2.23. The Bertz CT molecular complexity index is 206. The molecule has 20 heavy (non-hydrogen) atoms. The van der Waals surface area contributed by atoms with Crippen LogP contribution in [-0.4, -0.2) is 73.6 Å². The van der Waals surface area contributed by atoms with Crippen molar-refractivity contribution in [2.45, 2.75) is 32.3 Å². The first kappa shape index (κ1) is 20.1. The number of hydrogen-bond donors (Lipinski definition) is 2. The van der Waals surface area contributed by atoms with Crippen LogP contribution in [-0.2, 0) is 14.2 Å². The monoisotopic (exact) mass is 310 g/mol. The number of aliphatic hydroxyl groups is 2. The van der Waals surface area contributed by atoms with E-state index in [1.54, 1.807) is 11.8 Å². The molecule has 0 aromatic rings. The van der Waals surface area contributed by atoms with Gasteiger partial charge in [0.25, 0.3) is 0 Å². The molecule has 0 heterocycles. The lowest BCUT2D eigenvalue weighted by atomic mass is 10.0. The maximum absolute atomic E-state index is 8.82. The van der Waals surface area contributed by atoms with Crippen molar-refractivity contribution in [3.05, 3.63) is 0 Å². The Hall–Kier alpha value is 0.150. The maximum Gasteiger partial charge on any atom is 0.0745 e. The van der Waals surface area contributed by atoms with E-state index in [-0.39, 0.29) is 18.8 Å². The zero-order valence-electron chi connectivity index (χ0n) is 12.8. The molecule has 0 aliphatic carbocycles. The van der Waals surface area contributed by atoms with Gasteiger partial charge < -0.3 is 24.4 Å². The van der Waals surface area contributed by atoms with Crippen LogP contribution in [0, 0.1) is 0 Å². The Morgan fingerprint density at radius 1 is 0.950 bits per heavy atom. The van der Waals surface area contributed by atoms with E-state index in [0.717, 1.165) is 24.3 Å². The molecule has 0 aromatic carbocycles. The molecule has 0 amide bonds. The second kappa shape index (κ2) is 14.1. The fourth-order valence-corrected chi connectivity index (χ4v) is 2.73. The lowest BCUT2D eigenvalue weighted by molar-refractivity contribution is -0.0542. The van der Waals surface area contributed by atoms with Crippen LogP contribution in [0.3, 0.4) is 0 Å². The summed E-state index contributed by atoms with van der Waals surface area (Å²) < 4.78 is 16.4. The van der Waals surface area contributed by atoms with Crippen molar-refractivity contribution < 1.29 is 24.4 Å². The molecule has 1 unspecified atom stereocenters. The molecule has 122 valence electrons. The summed E-state index contributed by atoms with van der Waals surface area (Å²) in [6.07, 6.45) is 2.08. The Morgan fingerprint density at radius 2 is 1.60 bits per heavy atom. The molecule has 0 saturated heterocycles. The zero-order chi connectivity index (χ0) is 15.1. The number of hydrogen-bond acceptors (Lipinski definition) is 6. The van der Waals surface area contributed by atoms with Crippen LogP contribution in [0.25, 0.3) is 0 Å². The van der Waals surface area contributed by atoms with Crippen LogP contribution < -0.4 is 0 Å². The first-order chi connectivity index (χ1) is 9.68. The van der Waals surface area contributed by atoms with Crippen molar-refractivity contribution in [2.24, 2.45) is 0 Å². The number of aliphatic hydroxyl groups excluding tert-OH is 2. The average molecular weight is 310 g/mol. The Morgan fingerprint density at radius 3 is 2.20 bits per heavy atom. The molecule has 0 aliphatic rings. The van der Waals surface area contributed by atoms with Crippen LogP contribution in [0.2, 0.25) is 0 Å². The van der Waals surface area contributed by atoms with E-state index >= 15 is 0 Å². The van der Waals surface area contributed by atoms with Crippen molar-refractivity contribution >= 4 is 11.8 Å². The molecule has 0 rings (SSSR count). The van der Waals surface area contributed by atoms with Gasteiger partial charge in [-0.25, -0.2) is 0 Å². The molecule has 6 heteroatoms. The molecule has 5 nitrogen and oxygen atoms in total. The second-order valence-corrected chi connectivity index (χ2v) is 5.88. The van der Waals surface area contributed by atoms with Gasteiger partial charge in [0.1, 0.15) is 0 Å². The molecule has 0 aliphatic heterocycles. The highest BCUT2D eigenvalue weighted by Gasteiger charge is 2.23. The minimum Gasteiger partial charge on any atom is -0.396 e. The van der Waals surface area contributed by atoms with Gasteiger partial charge in [0, 0.05) is 11.5 Å². The van der Waals surface area contributed by atoms with E-state index in [1.165, 1.54) is 0 Å². The quantitative estimate of drug-likeness (QED) is 0.445. The third-order valence-corrected chi connectivity index (χ3v) is 3.99. The maximum atomic E-state index is 8.82. The van der Waals surface area contributed by atoms with Crippen LogP contribution in [0.4, 0.5) is 0 Å². The first-order valence-electron chi connectivity index (χ1n) is 7.27. The van der Waals surface area contributed by atoms with Crippen molar-refractivity contribution in [3.63, 3.8) is 0 Å². The van der Waals surface area contributed by atoms with Crippen LogP contribution in [0.1, 0.15) is 26.7 Å². The van der Waals surface area contributed by atoms with Crippen molar-refractivity contribution in [1.29, 1.82) is 0 Å². The summed E-state index contributed by atoms with van der Waals surface area (Å²) in [5, 5.41) is 17.4. The summed E-state index contributed by atoms with van der Waals surface area (Å²) in [5.41, 5.74) is -0.147. The molecular formula is C14H30O5S. The van der Waals surface area contributed by atoms with Crippen molar-refractivity contribution in [1.82, 2.24) is 0 Å². The Labute approximate surface area is 127 Å². The largest absolute Gasteiger partial charge is 0.396 e. The molecule has 0 fully saturated rings. The van der Waals surface area contributed by atoms with Gasteiger partial charge in [0.05, 0.1) is 51.8 Å². The first-order valence-corrected chi connectivity index (χ1v) is 8.43. The fourth-order valence-electron chi connectivity index (χ4n) is 1.80. The predicted octanol–water partition coefficient (Wildman–Crippen LogP) is 1.31. The van der Waals surface area contributed by atoms with E-state index in [4.69, 9.17) is 24.4 Å². The van der Waals surface area contributed by atoms with Gasteiger partial charge in [0.2, 0.25) is 0 Å². The lowest BCUT2D eigenvalue weighted by Crippen LogP contribution is -2.33. The van der Waals surface area contributed by atoms with E-state index in [1.807, 2.05) is 0 Å². The lowest BCUT2D eigenvalue weighted by Gasteiger charge is -2.29. The number of rotatable bonds is 15. The second-order valence-electron chi connectivity index (χ2n) is 4.77. The minimum absolute atomic E-state index is 0.0456. The van der Waals surface area contributed by atoms with Gasteiger partial charge in [-0.1, -0.05) is 13.3 Å². The van der Waals surface area contributed by atoms with E-state index in [2.05, 4.69) is 13.8 Å². The van der Waals surface area contributed by atoms with Crippen molar-refractivity contribution in [2.75, 3.05) is 57.8 Å². The molecular weight excluding hydrogens is 280 g/mol. The highest BCUT2D eigenvalue weighted by molar-refractivity contribution is 7.99. The molecule has 0 bridgehead atoms. The minimum atomic E-state index is -0.147. The Balaban J connectivity index is 3.63. The third-order valence-electron chi connectivity index (χ3n) is 2.71. The molecule has 2 N–H and O–H groups in total. The van der Waals surface area contributed by atoms with Crippen LogP contribution >= 0.6 is 11.8 Å². The van der Waals surface area contributed by atoms with Gasteiger partial charge >= 0.3 is 0 Å². The molecule has 0 saturated carbocycles. The standard InChI is InChI=1S/C14H30O5S/c1-3-4-14(2,13-20-12-6-16)19-11-10-18-9-8-17-7-5-15/h15-16H,3-13H2,1-2H3. The third kappa shape index (κ3) is 11.9. The van der Waals surface area contributed by atoms with Gasteiger partial charge in [-0.05, 0) is 13.3 Å². The fraction of sp³-hybridized carbons (Fsp3) is 1.00. The molecule has 0 spiro atoms. The highest BCUT2D eigenvalue weighted by atomic mass is 32.2. The summed E-state index contributed by atoms with van der Waals surface area (Å²) >= 11 is 1.72. The van der Waals surface area contributed by atoms with Crippen LogP contribution in [0.15, 0.2) is 0 Å². The summed E-state index contributed by atoms with van der Waals surface area (Å²) in [5.74, 6) is 1.64. The molecule has 0 radical (unpaired) electrons. The Kier molecular flexibility index (Phi) is 14.2. The van der Waals surface area contributed by atoms with Crippen LogP contribution in [0.5, 0.6) is 0 Å². The van der Waals surface area contributed by atoms with Gasteiger partial charge in [-0.15, -0.1) is 0 Å². The normalized spacial score (nSPS) is 14.4. The van der Waals surface area contributed by atoms with Gasteiger partial charge in [0.15, 0.2) is 0 Å². The topological polar surface area (TPSA) is 68.2 Å². The van der Waals surface area contributed by atoms with E-state index < -0.39 is 0 Å². The van der Waals surface area contributed by atoms with Crippen molar-refractivity contribution in [3.8, 4) is 0 Å². The van der Waals surface area contributed by atoms with E-state index in [0.29, 0.717) is 33.0 Å². The molecule has 0 aromatic heterocycles. The summed E-state index contributed by atoms with van der Waals surface area (Å²) in [7, 11) is 0. The number of thioether (sulfide) groups is 1. The summed E-state index contributed by atoms with van der Waals surface area (Å²) in [6.45, 7) is 7.01. The molecule has 1 atom stereocenters. The van der Waals surface area contributed by atoms with Gasteiger partial charge in [-0.3, -0.25) is 0 Å². The van der Waals surface area contributed by atoms with Gasteiger partial charge in [-0.2, -0.15) is 11.8 Å². The smallest absolute Gasteiger partial charge is 0.0745 e. The summed E-state index contributed by atoms with van der Waals surface area (Å²) in [4.78, 5) is 0. The van der Waals surface area contributed by atoms with E-state index in [9.17, 15) is 0 Å². The SMILES string of the molecule is CCCC(C)(CSCCO)OCCOCCOCCO. The average Bonchev–Trinajstić information content (AvgIpc) is 2.42. The zero-order valence-corrected chi connectivity index (χ0v) is 13.6. The summed E-state index contributed by atoms with van der Waals surface area (Å²) in [6, 6.07) is 0. The number of ether oxygens (including phenoxy) is 3. The predicted molar refractivity (Wildman–Crippen MR) is 82.4 cm³/mol.